The Kier molecular flexibility index (Phi) is 3.29. The van der Waals surface area contributed by atoms with Gasteiger partial charge >= 0.3 is 0 Å². The Labute approximate surface area is 102 Å². The molecule has 0 aliphatic carbocycles. The Morgan fingerprint density at radius 2 is 2.41 bits per heavy atom. The predicted molar refractivity (Wildman–Crippen MR) is 65.9 cm³/mol. The molecule has 0 aliphatic rings. The van der Waals surface area contributed by atoms with Crippen molar-refractivity contribution >= 4 is 28.8 Å². The van der Waals surface area contributed by atoms with Gasteiger partial charge in [0, 0.05) is 6.20 Å². The molecule has 0 saturated heterocycles. The topological polar surface area (TPSA) is 93.8 Å². The van der Waals surface area contributed by atoms with E-state index in [9.17, 15) is 4.79 Å². The van der Waals surface area contributed by atoms with Crippen LogP contribution < -0.4 is 11.1 Å². The highest BCUT2D eigenvalue weighted by molar-refractivity contribution is 7.08. The minimum absolute atomic E-state index is 0.241. The number of nitrogens with zero attached hydrogens (tertiary/aromatic N) is 3. The first kappa shape index (κ1) is 11.5. The van der Waals surface area contributed by atoms with Crippen molar-refractivity contribution in [1.29, 1.82) is 0 Å². The van der Waals surface area contributed by atoms with Crippen LogP contribution >= 0.6 is 11.5 Å². The van der Waals surface area contributed by atoms with Crippen LogP contribution in [-0.2, 0) is 6.42 Å². The molecule has 6 nitrogen and oxygen atoms in total. The molecule has 0 spiro atoms. The number of amides is 1. The minimum atomic E-state index is -0.241. The van der Waals surface area contributed by atoms with Gasteiger partial charge in [-0.15, -0.1) is 5.10 Å². The Hall–Kier alpha value is -2.02. The maximum Gasteiger partial charge on any atom is 0.269 e. The van der Waals surface area contributed by atoms with Crippen LogP contribution in [0.2, 0.25) is 0 Å². The van der Waals surface area contributed by atoms with Crippen LogP contribution in [0.25, 0.3) is 0 Å². The first-order valence-electron chi connectivity index (χ1n) is 5.04. The van der Waals surface area contributed by atoms with Gasteiger partial charge in [-0.2, -0.15) is 0 Å². The second-order valence-corrected chi connectivity index (χ2v) is 4.07. The summed E-state index contributed by atoms with van der Waals surface area (Å²) in [5, 5.41) is 6.60. The van der Waals surface area contributed by atoms with Gasteiger partial charge in [-0.3, -0.25) is 9.78 Å². The number of carbonyl (C=O) groups excluding carboxylic acids is 1. The molecule has 0 bridgehead atoms. The fourth-order valence-corrected chi connectivity index (χ4v) is 1.96. The monoisotopic (exact) mass is 249 g/mol. The zero-order valence-corrected chi connectivity index (χ0v) is 9.99. The highest BCUT2D eigenvalue weighted by Crippen LogP contribution is 2.18. The fraction of sp³-hybridized carbons (Fsp3) is 0.200. The van der Waals surface area contributed by atoms with E-state index in [1.165, 1.54) is 6.20 Å². The van der Waals surface area contributed by atoms with Crippen LogP contribution in [0.4, 0.5) is 11.4 Å². The third-order valence-electron chi connectivity index (χ3n) is 2.20. The van der Waals surface area contributed by atoms with E-state index in [4.69, 9.17) is 5.73 Å². The van der Waals surface area contributed by atoms with Gasteiger partial charge < -0.3 is 11.1 Å². The molecule has 1 amide bonds. The molecule has 0 saturated carbocycles. The van der Waals surface area contributed by atoms with Crippen LogP contribution in [0.1, 0.15) is 22.3 Å². The van der Waals surface area contributed by atoms with Gasteiger partial charge in [0.1, 0.15) is 4.88 Å². The van der Waals surface area contributed by atoms with Crippen molar-refractivity contribution in [2.24, 2.45) is 0 Å². The van der Waals surface area contributed by atoms with Gasteiger partial charge in [0.2, 0.25) is 0 Å². The van der Waals surface area contributed by atoms with E-state index in [0.29, 0.717) is 28.4 Å². The number of pyridine rings is 1. The van der Waals surface area contributed by atoms with Crippen molar-refractivity contribution in [1.82, 2.24) is 14.6 Å². The first-order valence-corrected chi connectivity index (χ1v) is 5.81. The molecule has 0 aliphatic heterocycles. The lowest BCUT2D eigenvalue weighted by molar-refractivity contribution is 0.102. The van der Waals surface area contributed by atoms with E-state index in [0.717, 1.165) is 11.5 Å². The average molecular weight is 249 g/mol. The minimum Gasteiger partial charge on any atom is -0.396 e. The molecule has 0 radical (unpaired) electrons. The molecule has 88 valence electrons. The highest BCUT2D eigenvalue weighted by atomic mass is 32.1. The Bertz CT molecular complexity index is 539. The summed E-state index contributed by atoms with van der Waals surface area (Å²) < 4.78 is 3.77. The molecule has 0 unspecified atom stereocenters. The predicted octanol–water partition coefficient (Wildman–Crippen LogP) is 1.33. The largest absolute Gasteiger partial charge is 0.396 e. The van der Waals surface area contributed by atoms with E-state index in [-0.39, 0.29) is 5.91 Å². The van der Waals surface area contributed by atoms with Gasteiger partial charge in [0.05, 0.1) is 23.3 Å². The molecule has 3 N–H and O–H groups in total. The van der Waals surface area contributed by atoms with Crippen molar-refractivity contribution in [3.8, 4) is 0 Å². The number of anilines is 2. The molecule has 2 heterocycles. The second-order valence-electron chi connectivity index (χ2n) is 3.32. The number of aryl methyl sites for hydroxylation is 1. The van der Waals surface area contributed by atoms with Crippen LogP contribution in [0.3, 0.4) is 0 Å². The zero-order valence-electron chi connectivity index (χ0n) is 9.17. The average Bonchev–Trinajstić information content (AvgIpc) is 2.80. The third-order valence-corrected chi connectivity index (χ3v) is 2.96. The maximum absolute atomic E-state index is 12.0. The van der Waals surface area contributed by atoms with Crippen molar-refractivity contribution in [3.63, 3.8) is 0 Å². The maximum atomic E-state index is 12.0. The summed E-state index contributed by atoms with van der Waals surface area (Å²) in [6.07, 6.45) is 3.73. The fourth-order valence-electron chi connectivity index (χ4n) is 1.31. The van der Waals surface area contributed by atoms with E-state index >= 15 is 0 Å². The Morgan fingerprint density at radius 3 is 3.12 bits per heavy atom. The SMILES string of the molecule is CCc1nnsc1C(=O)Nc1ccncc1N. The van der Waals surface area contributed by atoms with Crippen LogP contribution in [0.15, 0.2) is 18.5 Å². The third kappa shape index (κ3) is 2.39. The Balaban J connectivity index is 2.20. The molecule has 0 aromatic carbocycles. The van der Waals surface area contributed by atoms with Crippen molar-refractivity contribution in [3.05, 3.63) is 29.0 Å². The van der Waals surface area contributed by atoms with Gasteiger partial charge in [0.25, 0.3) is 5.91 Å². The first-order chi connectivity index (χ1) is 8.22. The molecular weight excluding hydrogens is 238 g/mol. The summed E-state index contributed by atoms with van der Waals surface area (Å²) in [5.41, 5.74) is 7.35. The van der Waals surface area contributed by atoms with E-state index in [1.807, 2.05) is 6.92 Å². The molecule has 7 heteroatoms. The van der Waals surface area contributed by atoms with E-state index < -0.39 is 0 Å². The van der Waals surface area contributed by atoms with Gasteiger partial charge in [-0.25, -0.2) is 0 Å². The Morgan fingerprint density at radius 1 is 1.59 bits per heavy atom. The second kappa shape index (κ2) is 4.88. The van der Waals surface area contributed by atoms with Crippen LogP contribution in [0, 0.1) is 0 Å². The molecular formula is C10H11N5OS. The van der Waals surface area contributed by atoms with E-state index in [2.05, 4.69) is 19.9 Å². The summed E-state index contributed by atoms with van der Waals surface area (Å²) in [7, 11) is 0. The van der Waals surface area contributed by atoms with Gasteiger partial charge in [0.15, 0.2) is 0 Å². The van der Waals surface area contributed by atoms with E-state index in [1.54, 1.807) is 12.3 Å². The molecule has 0 atom stereocenters. The number of carbonyl (C=O) groups is 1. The number of aromatic nitrogens is 3. The molecule has 2 aromatic rings. The molecule has 2 aromatic heterocycles. The number of nitrogens with one attached hydrogen (secondary N) is 1. The number of hydrogen-bond donors (Lipinski definition) is 2. The number of hydrogen-bond acceptors (Lipinski definition) is 6. The molecule has 17 heavy (non-hydrogen) atoms. The van der Waals surface area contributed by atoms with Crippen molar-refractivity contribution in [2.75, 3.05) is 11.1 Å². The summed E-state index contributed by atoms with van der Waals surface area (Å²) in [4.78, 5) is 16.3. The lowest BCUT2D eigenvalue weighted by atomic mass is 10.2. The summed E-state index contributed by atoms with van der Waals surface area (Å²) in [6, 6.07) is 1.65. The number of nitrogen functional groups attached to an aromatic ring is 1. The number of rotatable bonds is 3. The lowest BCUT2D eigenvalue weighted by Gasteiger charge is -2.06. The van der Waals surface area contributed by atoms with Crippen molar-refractivity contribution < 1.29 is 4.79 Å². The van der Waals surface area contributed by atoms with Gasteiger partial charge in [-0.1, -0.05) is 11.4 Å². The zero-order chi connectivity index (χ0) is 12.3. The summed E-state index contributed by atoms with van der Waals surface area (Å²) >= 11 is 1.08. The summed E-state index contributed by atoms with van der Waals surface area (Å²) in [5.74, 6) is -0.241. The number of nitrogens with two attached hydrogens (primary N) is 1. The van der Waals surface area contributed by atoms with Crippen LogP contribution in [-0.4, -0.2) is 20.5 Å². The standard InChI is InChI=1S/C10H11N5OS/c1-2-7-9(17-15-14-7)10(16)13-8-3-4-12-5-6(8)11/h3-5H,2,11H2,1H3,(H,12,13,16). The molecule has 2 rings (SSSR count). The quantitative estimate of drug-likeness (QED) is 0.855. The smallest absolute Gasteiger partial charge is 0.269 e. The van der Waals surface area contributed by atoms with Gasteiger partial charge in [-0.05, 0) is 24.0 Å². The van der Waals surface area contributed by atoms with Crippen LogP contribution in [0.5, 0.6) is 0 Å². The normalized spacial score (nSPS) is 10.2. The van der Waals surface area contributed by atoms with Crippen molar-refractivity contribution in [2.45, 2.75) is 13.3 Å². The lowest BCUT2D eigenvalue weighted by Crippen LogP contribution is -2.13. The summed E-state index contributed by atoms with van der Waals surface area (Å²) in [6.45, 7) is 1.92. The molecule has 0 fully saturated rings. The highest BCUT2D eigenvalue weighted by Gasteiger charge is 2.15.